The van der Waals surface area contributed by atoms with E-state index in [1.165, 1.54) is 17.5 Å². The standard InChI is InChI=1S/C13H20BrN3O3/c14-12-11(9-16-17(6-7-18)13(12)19)15-5-8-20-10-3-1-2-4-10/h9-10,15,18H,1-8H2. The zero-order chi connectivity index (χ0) is 14.4. The average molecular weight is 346 g/mol. The van der Waals surface area contributed by atoms with Crippen LogP contribution in [0.3, 0.4) is 0 Å². The van der Waals surface area contributed by atoms with Crippen molar-refractivity contribution in [1.82, 2.24) is 9.78 Å². The van der Waals surface area contributed by atoms with E-state index in [0.29, 0.717) is 29.4 Å². The van der Waals surface area contributed by atoms with Crippen LogP contribution in [0.4, 0.5) is 5.69 Å². The third-order valence-corrected chi connectivity index (χ3v) is 4.14. The van der Waals surface area contributed by atoms with Crippen LogP contribution in [-0.4, -0.2) is 40.7 Å². The lowest BCUT2D eigenvalue weighted by Crippen LogP contribution is -2.26. The molecule has 6 nitrogen and oxygen atoms in total. The Labute approximate surface area is 126 Å². The number of aliphatic hydroxyl groups is 1. The maximum absolute atomic E-state index is 11.9. The largest absolute Gasteiger partial charge is 0.394 e. The van der Waals surface area contributed by atoms with Gasteiger partial charge in [0.05, 0.1) is 37.7 Å². The van der Waals surface area contributed by atoms with Gasteiger partial charge in [0.15, 0.2) is 0 Å². The molecule has 1 aliphatic carbocycles. The Morgan fingerprint density at radius 2 is 2.25 bits per heavy atom. The summed E-state index contributed by atoms with van der Waals surface area (Å²) in [4.78, 5) is 11.9. The molecule has 1 aliphatic rings. The van der Waals surface area contributed by atoms with E-state index >= 15 is 0 Å². The minimum Gasteiger partial charge on any atom is -0.394 e. The van der Waals surface area contributed by atoms with Crippen LogP contribution >= 0.6 is 15.9 Å². The van der Waals surface area contributed by atoms with E-state index in [1.54, 1.807) is 6.20 Å². The van der Waals surface area contributed by atoms with Gasteiger partial charge in [-0.2, -0.15) is 5.10 Å². The van der Waals surface area contributed by atoms with Gasteiger partial charge in [0.1, 0.15) is 4.47 Å². The Hall–Kier alpha value is -0.920. The van der Waals surface area contributed by atoms with Crippen LogP contribution in [0, 0.1) is 0 Å². The normalized spacial score (nSPS) is 15.7. The zero-order valence-electron chi connectivity index (χ0n) is 11.3. The van der Waals surface area contributed by atoms with Crippen LogP contribution in [0.1, 0.15) is 25.7 Å². The highest BCUT2D eigenvalue weighted by Crippen LogP contribution is 2.21. The number of ether oxygens (including phenoxy) is 1. The fourth-order valence-electron chi connectivity index (χ4n) is 2.31. The molecule has 1 heterocycles. The monoisotopic (exact) mass is 345 g/mol. The minimum atomic E-state index is -0.249. The molecule has 0 spiro atoms. The highest BCUT2D eigenvalue weighted by molar-refractivity contribution is 9.10. The quantitative estimate of drug-likeness (QED) is 0.730. The van der Waals surface area contributed by atoms with Gasteiger partial charge in [0.25, 0.3) is 5.56 Å². The highest BCUT2D eigenvalue weighted by atomic mass is 79.9. The molecule has 0 amide bonds. The Kier molecular flexibility index (Phi) is 6.00. The first-order valence-corrected chi connectivity index (χ1v) is 7.73. The summed E-state index contributed by atoms with van der Waals surface area (Å²) in [6.45, 7) is 1.35. The van der Waals surface area contributed by atoms with Gasteiger partial charge in [-0.3, -0.25) is 4.79 Å². The molecular weight excluding hydrogens is 326 g/mol. The molecule has 0 unspecified atom stereocenters. The summed E-state index contributed by atoms with van der Waals surface area (Å²) in [6.07, 6.45) is 6.81. The number of nitrogens with one attached hydrogen (secondary N) is 1. The Bertz CT molecular complexity index is 486. The molecule has 1 aromatic rings. The first kappa shape index (κ1) is 15.5. The molecule has 0 atom stereocenters. The van der Waals surface area contributed by atoms with E-state index in [1.807, 2.05) is 0 Å². The number of hydrogen-bond donors (Lipinski definition) is 2. The maximum Gasteiger partial charge on any atom is 0.283 e. The van der Waals surface area contributed by atoms with Crippen molar-refractivity contribution in [2.75, 3.05) is 25.1 Å². The van der Waals surface area contributed by atoms with Crippen molar-refractivity contribution < 1.29 is 9.84 Å². The number of halogens is 1. The Balaban J connectivity index is 1.83. The van der Waals surface area contributed by atoms with Crippen LogP contribution in [0.5, 0.6) is 0 Å². The Morgan fingerprint density at radius 1 is 1.50 bits per heavy atom. The maximum atomic E-state index is 11.9. The zero-order valence-corrected chi connectivity index (χ0v) is 12.9. The van der Waals surface area contributed by atoms with Crippen LogP contribution in [0.15, 0.2) is 15.5 Å². The van der Waals surface area contributed by atoms with Gasteiger partial charge in [-0.05, 0) is 28.8 Å². The van der Waals surface area contributed by atoms with Gasteiger partial charge in [-0.1, -0.05) is 12.8 Å². The van der Waals surface area contributed by atoms with Crippen molar-refractivity contribution in [1.29, 1.82) is 0 Å². The molecule has 7 heteroatoms. The van der Waals surface area contributed by atoms with E-state index in [4.69, 9.17) is 9.84 Å². The topological polar surface area (TPSA) is 76.4 Å². The van der Waals surface area contributed by atoms with Crippen LogP contribution in [0.25, 0.3) is 0 Å². The smallest absolute Gasteiger partial charge is 0.283 e. The van der Waals surface area contributed by atoms with Crippen LogP contribution in [-0.2, 0) is 11.3 Å². The number of anilines is 1. The lowest BCUT2D eigenvalue weighted by molar-refractivity contribution is 0.0659. The van der Waals surface area contributed by atoms with Gasteiger partial charge in [0, 0.05) is 6.54 Å². The molecule has 1 fully saturated rings. The number of hydrogen-bond acceptors (Lipinski definition) is 5. The summed E-state index contributed by atoms with van der Waals surface area (Å²) in [5.41, 5.74) is 0.403. The second-order valence-electron chi connectivity index (χ2n) is 4.83. The minimum absolute atomic E-state index is 0.110. The second-order valence-corrected chi connectivity index (χ2v) is 5.62. The van der Waals surface area contributed by atoms with Crippen molar-refractivity contribution in [2.45, 2.75) is 38.3 Å². The van der Waals surface area contributed by atoms with Crippen molar-refractivity contribution in [3.05, 3.63) is 21.0 Å². The summed E-state index contributed by atoms with van der Waals surface area (Å²) >= 11 is 3.26. The van der Waals surface area contributed by atoms with Gasteiger partial charge >= 0.3 is 0 Å². The first-order valence-electron chi connectivity index (χ1n) is 6.94. The summed E-state index contributed by atoms with van der Waals surface area (Å²) in [6, 6.07) is 0. The number of aromatic nitrogens is 2. The summed E-state index contributed by atoms with van der Waals surface area (Å²) in [5.74, 6) is 0. The van der Waals surface area contributed by atoms with E-state index in [9.17, 15) is 4.79 Å². The van der Waals surface area contributed by atoms with E-state index in [-0.39, 0.29) is 18.7 Å². The predicted molar refractivity (Wildman–Crippen MR) is 80.0 cm³/mol. The highest BCUT2D eigenvalue weighted by Gasteiger charge is 2.15. The summed E-state index contributed by atoms with van der Waals surface area (Å²) in [5, 5.41) is 16.0. The van der Waals surface area contributed by atoms with Crippen molar-refractivity contribution in [2.24, 2.45) is 0 Å². The fourth-order valence-corrected chi connectivity index (χ4v) is 2.76. The van der Waals surface area contributed by atoms with E-state index in [2.05, 4.69) is 26.3 Å². The molecule has 1 saturated carbocycles. The molecular formula is C13H20BrN3O3. The molecule has 112 valence electrons. The molecule has 0 saturated heterocycles. The Morgan fingerprint density at radius 3 is 2.95 bits per heavy atom. The first-order chi connectivity index (χ1) is 9.72. The summed E-state index contributed by atoms with van der Waals surface area (Å²) < 4.78 is 7.40. The molecule has 1 aromatic heterocycles. The molecule has 0 bridgehead atoms. The molecule has 0 aromatic carbocycles. The third kappa shape index (κ3) is 4.04. The molecule has 0 radical (unpaired) electrons. The van der Waals surface area contributed by atoms with Gasteiger partial charge in [0.2, 0.25) is 0 Å². The lowest BCUT2D eigenvalue weighted by atomic mass is 10.3. The van der Waals surface area contributed by atoms with Crippen LogP contribution in [0.2, 0.25) is 0 Å². The fraction of sp³-hybridized carbons (Fsp3) is 0.692. The van der Waals surface area contributed by atoms with Gasteiger partial charge < -0.3 is 15.2 Å². The van der Waals surface area contributed by atoms with Crippen LogP contribution < -0.4 is 10.9 Å². The van der Waals surface area contributed by atoms with E-state index in [0.717, 1.165) is 12.8 Å². The summed E-state index contributed by atoms with van der Waals surface area (Å²) in [7, 11) is 0. The molecule has 20 heavy (non-hydrogen) atoms. The molecule has 2 N–H and O–H groups in total. The van der Waals surface area contributed by atoms with E-state index < -0.39 is 0 Å². The predicted octanol–water partition coefficient (Wildman–Crippen LogP) is 1.37. The number of rotatable bonds is 7. The van der Waals surface area contributed by atoms with Gasteiger partial charge in [-0.25, -0.2) is 4.68 Å². The average Bonchev–Trinajstić information content (AvgIpc) is 2.95. The molecule has 2 rings (SSSR count). The number of aliphatic hydroxyl groups excluding tert-OH is 1. The molecule has 0 aliphatic heterocycles. The van der Waals surface area contributed by atoms with Crippen molar-refractivity contribution in [3.8, 4) is 0 Å². The van der Waals surface area contributed by atoms with Gasteiger partial charge in [-0.15, -0.1) is 0 Å². The lowest BCUT2D eigenvalue weighted by Gasteiger charge is -2.13. The third-order valence-electron chi connectivity index (χ3n) is 3.37. The number of nitrogens with zero attached hydrogens (tertiary/aromatic N) is 2. The van der Waals surface area contributed by atoms with Crippen molar-refractivity contribution >= 4 is 21.6 Å². The second kappa shape index (κ2) is 7.75. The SMILES string of the molecule is O=c1c(Br)c(NCCOC2CCCC2)cnn1CCO. The van der Waals surface area contributed by atoms with Crippen molar-refractivity contribution in [3.63, 3.8) is 0 Å².